The molecule has 2 unspecified atom stereocenters. The molecular weight excluding hydrogens is 287 g/mol. The maximum atomic E-state index is 12.5. The number of carbonyl (C=O) groups excluding carboxylic acids is 2. The molecule has 1 aliphatic heterocycles. The highest BCUT2D eigenvalue weighted by molar-refractivity contribution is 6.31. The number of amides is 2. The lowest BCUT2D eigenvalue weighted by atomic mass is 10.2. The van der Waals surface area contributed by atoms with Crippen molar-refractivity contribution < 1.29 is 18.7 Å². The second-order valence-electron chi connectivity index (χ2n) is 4.36. The van der Waals surface area contributed by atoms with E-state index in [0.29, 0.717) is 24.4 Å². The largest absolute Gasteiger partial charge is 0.368 e. The van der Waals surface area contributed by atoms with Crippen LogP contribution in [0, 0.1) is 0 Å². The van der Waals surface area contributed by atoms with Crippen LogP contribution in [-0.2, 0) is 14.3 Å². The summed E-state index contributed by atoms with van der Waals surface area (Å²) in [5, 5.41) is 5.00. The Morgan fingerprint density at radius 3 is 2.35 bits per heavy atom. The van der Waals surface area contributed by atoms with Gasteiger partial charge in [-0.1, -0.05) is 11.6 Å². The van der Waals surface area contributed by atoms with Gasteiger partial charge >= 0.3 is 0 Å². The van der Waals surface area contributed by atoms with Gasteiger partial charge in [0.2, 0.25) is 0 Å². The lowest BCUT2D eigenvalue weighted by Gasteiger charge is -2.11. The van der Waals surface area contributed by atoms with Gasteiger partial charge in [0.15, 0.2) is 0 Å². The third-order valence-electron chi connectivity index (χ3n) is 2.84. The molecule has 2 rings (SSSR count). The topological polar surface area (TPSA) is 67.4 Å². The van der Waals surface area contributed by atoms with Crippen LogP contribution in [0.3, 0.4) is 0 Å². The molecule has 108 valence electrons. The predicted molar refractivity (Wildman–Crippen MR) is 73.4 cm³/mol. The summed E-state index contributed by atoms with van der Waals surface area (Å²) in [5.74, 6) is -1.12. The van der Waals surface area contributed by atoms with Crippen LogP contribution < -0.4 is 10.6 Å². The second-order valence-corrected chi connectivity index (χ2v) is 4.74. The predicted octanol–water partition coefficient (Wildman–Crippen LogP) is 2.28. The van der Waals surface area contributed by atoms with E-state index in [4.69, 9.17) is 16.3 Å². The fourth-order valence-corrected chi connectivity index (χ4v) is 1.90. The molecule has 1 aliphatic rings. The van der Waals surface area contributed by atoms with Crippen LogP contribution in [0.4, 0.5) is 15.8 Å². The molecule has 0 aromatic heterocycles. The van der Waals surface area contributed by atoms with E-state index in [1.54, 1.807) is 24.3 Å². The number of alkyl halides is 2. The Balaban J connectivity index is 1.91. The quantitative estimate of drug-likeness (QED) is 0.838. The van der Waals surface area contributed by atoms with Crippen molar-refractivity contribution in [2.24, 2.45) is 0 Å². The maximum absolute atomic E-state index is 12.5. The van der Waals surface area contributed by atoms with Gasteiger partial charge in [-0.3, -0.25) is 9.59 Å². The minimum absolute atomic E-state index is 0.191. The molecule has 5 nitrogen and oxygen atoms in total. The van der Waals surface area contributed by atoms with Crippen LogP contribution >= 0.6 is 11.6 Å². The zero-order valence-corrected chi connectivity index (χ0v) is 11.3. The van der Waals surface area contributed by atoms with Crippen molar-refractivity contribution in [3.63, 3.8) is 0 Å². The Morgan fingerprint density at radius 1 is 1.25 bits per heavy atom. The van der Waals surface area contributed by atoms with E-state index in [1.807, 2.05) is 0 Å². The summed E-state index contributed by atoms with van der Waals surface area (Å²) in [6.07, 6.45) is 1.19. The molecule has 0 saturated carbocycles. The average Bonchev–Trinajstić information content (AvgIpc) is 2.95. The van der Waals surface area contributed by atoms with Crippen molar-refractivity contribution >= 4 is 34.8 Å². The summed E-state index contributed by atoms with van der Waals surface area (Å²) in [6, 6.07) is 6.29. The van der Waals surface area contributed by atoms with E-state index >= 15 is 0 Å². The molecule has 0 aliphatic carbocycles. The van der Waals surface area contributed by atoms with Gasteiger partial charge in [-0.2, -0.15) is 0 Å². The zero-order valence-electron chi connectivity index (χ0n) is 10.6. The first-order chi connectivity index (χ1) is 9.56. The first-order valence-electron chi connectivity index (χ1n) is 6.18. The molecule has 1 fully saturated rings. The van der Waals surface area contributed by atoms with E-state index in [0.717, 1.165) is 6.42 Å². The molecule has 20 heavy (non-hydrogen) atoms. The van der Waals surface area contributed by atoms with E-state index in [1.165, 1.54) is 0 Å². The van der Waals surface area contributed by atoms with Gasteiger partial charge in [0, 0.05) is 18.0 Å². The molecule has 7 heteroatoms. The van der Waals surface area contributed by atoms with Gasteiger partial charge in [-0.25, -0.2) is 4.39 Å². The normalized spacial score (nSPS) is 19.4. The molecule has 0 spiro atoms. The number of hydrogen-bond donors (Lipinski definition) is 2. The Labute approximate surface area is 120 Å². The highest BCUT2D eigenvalue weighted by atomic mass is 35.5. The fraction of sp³-hybridized carbons (Fsp3) is 0.385. The van der Waals surface area contributed by atoms with Gasteiger partial charge in [0.1, 0.15) is 6.10 Å². The standard InChI is InChI=1S/C13H14ClFN2O3/c14-11(15)13(19)17-9-5-3-8(4-6-9)16-12(18)10-2-1-7-20-10/h3-6,10-11H,1-2,7H2,(H,16,18)(H,17,19). The summed E-state index contributed by atoms with van der Waals surface area (Å²) < 4.78 is 17.8. The first-order valence-corrected chi connectivity index (χ1v) is 6.61. The smallest absolute Gasteiger partial charge is 0.274 e. The Hall–Kier alpha value is -1.66. The lowest BCUT2D eigenvalue weighted by Crippen LogP contribution is -2.26. The molecule has 1 aromatic rings. The summed E-state index contributed by atoms with van der Waals surface area (Å²) >= 11 is 5.00. The van der Waals surface area contributed by atoms with Crippen molar-refractivity contribution in [3.8, 4) is 0 Å². The number of anilines is 2. The van der Waals surface area contributed by atoms with Gasteiger partial charge in [0.25, 0.3) is 17.4 Å². The number of carbonyl (C=O) groups is 2. The number of hydrogen-bond acceptors (Lipinski definition) is 3. The van der Waals surface area contributed by atoms with E-state index in [2.05, 4.69) is 10.6 Å². The lowest BCUT2D eigenvalue weighted by molar-refractivity contribution is -0.124. The highest BCUT2D eigenvalue weighted by Crippen LogP contribution is 2.17. The first kappa shape index (κ1) is 14.7. The molecular formula is C13H14ClFN2O3. The monoisotopic (exact) mass is 300 g/mol. The summed E-state index contributed by atoms with van der Waals surface area (Å²) in [7, 11) is 0. The van der Waals surface area contributed by atoms with Gasteiger partial charge < -0.3 is 15.4 Å². The molecule has 2 N–H and O–H groups in total. The third-order valence-corrected chi connectivity index (χ3v) is 3.04. The molecule has 0 bridgehead atoms. The summed E-state index contributed by atoms with van der Waals surface area (Å²) in [6.45, 7) is 0.603. The van der Waals surface area contributed by atoms with Crippen LogP contribution in [0.15, 0.2) is 24.3 Å². The molecule has 1 aromatic carbocycles. The number of ether oxygens (including phenoxy) is 1. The van der Waals surface area contributed by atoms with E-state index in [-0.39, 0.29) is 5.91 Å². The van der Waals surface area contributed by atoms with Crippen LogP contribution in [0.1, 0.15) is 12.8 Å². The van der Waals surface area contributed by atoms with Crippen molar-refractivity contribution in [1.82, 2.24) is 0 Å². The Kier molecular flexibility index (Phi) is 4.92. The summed E-state index contributed by atoms with van der Waals surface area (Å²) in [4.78, 5) is 22.8. The van der Waals surface area contributed by atoms with Crippen molar-refractivity contribution in [3.05, 3.63) is 24.3 Å². The zero-order chi connectivity index (χ0) is 14.5. The minimum atomic E-state index is -2.09. The Morgan fingerprint density at radius 2 is 1.85 bits per heavy atom. The van der Waals surface area contributed by atoms with Gasteiger partial charge in [0.05, 0.1) is 0 Å². The SMILES string of the molecule is O=C(Nc1ccc(NC(=O)C2CCCO2)cc1)C(F)Cl. The van der Waals surface area contributed by atoms with Crippen LogP contribution in [-0.4, -0.2) is 30.2 Å². The fourth-order valence-electron chi connectivity index (χ4n) is 1.84. The summed E-state index contributed by atoms with van der Waals surface area (Å²) in [5.41, 5.74) is -1.12. The van der Waals surface area contributed by atoms with E-state index in [9.17, 15) is 14.0 Å². The van der Waals surface area contributed by atoms with Crippen LogP contribution in [0.5, 0.6) is 0 Å². The molecule has 1 heterocycles. The Bertz CT molecular complexity index is 487. The van der Waals surface area contributed by atoms with Crippen molar-refractivity contribution in [1.29, 1.82) is 0 Å². The molecule has 2 atom stereocenters. The van der Waals surface area contributed by atoms with Gasteiger partial charge in [-0.05, 0) is 37.1 Å². The molecule has 1 saturated heterocycles. The van der Waals surface area contributed by atoms with Crippen molar-refractivity contribution in [2.75, 3.05) is 17.2 Å². The second kappa shape index (κ2) is 6.67. The van der Waals surface area contributed by atoms with Gasteiger partial charge in [-0.15, -0.1) is 0 Å². The number of nitrogens with one attached hydrogen (secondary N) is 2. The van der Waals surface area contributed by atoms with Crippen LogP contribution in [0.2, 0.25) is 0 Å². The van der Waals surface area contributed by atoms with Crippen LogP contribution in [0.25, 0.3) is 0 Å². The maximum Gasteiger partial charge on any atom is 0.274 e. The van der Waals surface area contributed by atoms with Crippen molar-refractivity contribution in [2.45, 2.75) is 24.6 Å². The molecule has 0 radical (unpaired) electrons. The average molecular weight is 301 g/mol. The minimum Gasteiger partial charge on any atom is -0.368 e. The number of halogens is 2. The number of benzene rings is 1. The highest BCUT2D eigenvalue weighted by Gasteiger charge is 2.23. The third kappa shape index (κ3) is 3.91. The number of rotatable bonds is 4. The van der Waals surface area contributed by atoms with E-state index < -0.39 is 17.6 Å². The molecule has 2 amide bonds.